The minimum atomic E-state index is -0.348. The van der Waals surface area contributed by atoms with Gasteiger partial charge in [0.2, 0.25) is 0 Å². The molecule has 1 saturated carbocycles. The SMILES string of the molecule is O=[N+]([O-])c1ccc([C@]23CNC[C@H]2C3)cc1. The van der Waals surface area contributed by atoms with E-state index >= 15 is 0 Å². The molecule has 2 atom stereocenters. The van der Waals surface area contributed by atoms with Gasteiger partial charge in [0.15, 0.2) is 0 Å². The number of hydrogen-bond acceptors (Lipinski definition) is 3. The van der Waals surface area contributed by atoms with E-state index in [2.05, 4.69) is 5.32 Å². The lowest BCUT2D eigenvalue weighted by Gasteiger charge is -2.11. The van der Waals surface area contributed by atoms with Crippen molar-refractivity contribution in [1.82, 2.24) is 5.32 Å². The first-order valence-electron chi connectivity index (χ1n) is 5.18. The predicted molar refractivity (Wildman–Crippen MR) is 55.8 cm³/mol. The molecule has 2 aliphatic rings. The number of fused-ring (bicyclic) bond motifs is 1. The van der Waals surface area contributed by atoms with Crippen molar-refractivity contribution < 1.29 is 4.92 Å². The molecule has 1 aromatic carbocycles. The molecule has 1 saturated heterocycles. The van der Waals surface area contributed by atoms with Gasteiger partial charge in [-0.05, 0) is 24.4 Å². The molecule has 0 radical (unpaired) electrons. The molecule has 0 unspecified atom stereocenters. The number of nitrogens with one attached hydrogen (secondary N) is 1. The molecule has 3 rings (SSSR count). The van der Waals surface area contributed by atoms with Gasteiger partial charge in [-0.15, -0.1) is 0 Å². The second kappa shape index (κ2) is 2.79. The van der Waals surface area contributed by atoms with Crippen molar-refractivity contribution in [1.29, 1.82) is 0 Å². The Balaban J connectivity index is 1.91. The highest BCUT2D eigenvalue weighted by Gasteiger charge is 2.57. The second-order valence-electron chi connectivity index (χ2n) is 4.49. The van der Waals surface area contributed by atoms with Crippen LogP contribution in [0.1, 0.15) is 12.0 Å². The average molecular weight is 204 g/mol. The first-order chi connectivity index (χ1) is 7.22. The van der Waals surface area contributed by atoms with Gasteiger partial charge in [-0.25, -0.2) is 0 Å². The second-order valence-corrected chi connectivity index (χ2v) is 4.49. The standard InChI is InChI=1S/C11H12N2O2/c14-13(15)10-3-1-8(2-4-10)11-5-9(11)6-12-7-11/h1-4,9,12H,5-7H2/t9-,11+/m1/s1. The van der Waals surface area contributed by atoms with Crippen LogP contribution in [-0.2, 0) is 5.41 Å². The summed E-state index contributed by atoms with van der Waals surface area (Å²) in [6.07, 6.45) is 1.23. The van der Waals surface area contributed by atoms with Gasteiger partial charge in [-0.1, -0.05) is 12.1 Å². The first kappa shape index (κ1) is 8.85. The molecule has 1 aromatic rings. The highest BCUT2D eigenvalue weighted by molar-refractivity contribution is 5.42. The lowest BCUT2D eigenvalue weighted by Crippen LogP contribution is -2.19. The molecule has 4 heteroatoms. The molecule has 15 heavy (non-hydrogen) atoms. The van der Waals surface area contributed by atoms with Crippen molar-refractivity contribution in [3.05, 3.63) is 39.9 Å². The van der Waals surface area contributed by atoms with Crippen molar-refractivity contribution in [2.45, 2.75) is 11.8 Å². The van der Waals surface area contributed by atoms with Crippen LogP contribution in [0.15, 0.2) is 24.3 Å². The summed E-state index contributed by atoms with van der Waals surface area (Å²) < 4.78 is 0. The Morgan fingerprint density at radius 1 is 1.40 bits per heavy atom. The van der Waals surface area contributed by atoms with Gasteiger partial charge < -0.3 is 5.32 Å². The summed E-state index contributed by atoms with van der Waals surface area (Å²) in [4.78, 5) is 10.2. The molecule has 4 nitrogen and oxygen atoms in total. The van der Waals surface area contributed by atoms with E-state index in [9.17, 15) is 10.1 Å². The molecule has 0 amide bonds. The van der Waals surface area contributed by atoms with E-state index in [-0.39, 0.29) is 10.6 Å². The normalized spacial score (nSPS) is 32.4. The van der Waals surface area contributed by atoms with E-state index in [0.29, 0.717) is 5.41 Å². The fraction of sp³-hybridized carbons (Fsp3) is 0.455. The lowest BCUT2D eigenvalue weighted by atomic mass is 9.95. The zero-order valence-corrected chi connectivity index (χ0v) is 8.27. The van der Waals surface area contributed by atoms with Gasteiger partial charge in [0.25, 0.3) is 5.69 Å². The van der Waals surface area contributed by atoms with E-state index in [1.165, 1.54) is 12.0 Å². The van der Waals surface area contributed by atoms with Crippen molar-refractivity contribution in [3.63, 3.8) is 0 Å². The quantitative estimate of drug-likeness (QED) is 0.586. The number of non-ortho nitro benzene ring substituents is 1. The van der Waals surface area contributed by atoms with E-state index < -0.39 is 0 Å². The molecule has 0 bridgehead atoms. The Morgan fingerprint density at radius 3 is 2.60 bits per heavy atom. The van der Waals surface area contributed by atoms with Crippen molar-refractivity contribution >= 4 is 5.69 Å². The third-order valence-corrected chi connectivity index (χ3v) is 3.72. The summed E-state index contributed by atoms with van der Waals surface area (Å²) in [7, 11) is 0. The van der Waals surface area contributed by atoms with Crippen molar-refractivity contribution in [3.8, 4) is 0 Å². The molecular weight excluding hydrogens is 192 g/mol. The molecule has 78 valence electrons. The van der Waals surface area contributed by atoms with Crippen LogP contribution in [0.5, 0.6) is 0 Å². The highest BCUT2D eigenvalue weighted by Crippen LogP contribution is 2.56. The minimum Gasteiger partial charge on any atom is -0.316 e. The fourth-order valence-electron chi connectivity index (χ4n) is 2.70. The largest absolute Gasteiger partial charge is 0.316 e. The fourth-order valence-corrected chi connectivity index (χ4v) is 2.70. The Morgan fingerprint density at radius 2 is 2.13 bits per heavy atom. The molecule has 0 spiro atoms. The summed E-state index contributed by atoms with van der Waals surface area (Å²) in [5.41, 5.74) is 1.73. The maximum atomic E-state index is 10.5. The van der Waals surface area contributed by atoms with E-state index in [1.807, 2.05) is 12.1 Å². The average Bonchev–Trinajstić information content (AvgIpc) is 2.82. The number of nitrogens with zero attached hydrogens (tertiary/aromatic N) is 1. The number of benzene rings is 1. The zero-order chi connectivity index (χ0) is 10.5. The smallest absolute Gasteiger partial charge is 0.269 e. The van der Waals surface area contributed by atoms with Crippen LogP contribution >= 0.6 is 0 Å². The van der Waals surface area contributed by atoms with Gasteiger partial charge in [0.1, 0.15) is 0 Å². The van der Waals surface area contributed by atoms with Crippen LogP contribution in [0.4, 0.5) is 5.69 Å². The lowest BCUT2D eigenvalue weighted by molar-refractivity contribution is -0.384. The Kier molecular flexibility index (Phi) is 1.65. The molecule has 1 N–H and O–H groups in total. The van der Waals surface area contributed by atoms with Gasteiger partial charge in [-0.2, -0.15) is 0 Å². The van der Waals surface area contributed by atoms with Crippen LogP contribution in [0.3, 0.4) is 0 Å². The van der Waals surface area contributed by atoms with Crippen LogP contribution in [0.2, 0.25) is 0 Å². The predicted octanol–water partition coefficient (Wildman–Crippen LogP) is 1.46. The van der Waals surface area contributed by atoms with Crippen LogP contribution < -0.4 is 5.32 Å². The summed E-state index contributed by atoms with van der Waals surface area (Å²) in [6, 6.07) is 7.03. The summed E-state index contributed by atoms with van der Waals surface area (Å²) in [5, 5.41) is 13.9. The molecule has 1 heterocycles. The maximum Gasteiger partial charge on any atom is 0.269 e. The molecule has 1 aliphatic heterocycles. The monoisotopic (exact) mass is 204 g/mol. The van der Waals surface area contributed by atoms with Gasteiger partial charge in [0.05, 0.1) is 4.92 Å². The third kappa shape index (κ3) is 1.18. The van der Waals surface area contributed by atoms with E-state index in [1.54, 1.807) is 12.1 Å². The Hall–Kier alpha value is -1.42. The summed E-state index contributed by atoms with van der Waals surface area (Å²) in [5.74, 6) is 0.749. The Labute approximate surface area is 87.4 Å². The molecule has 1 aliphatic carbocycles. The van der Waals surface area contributed by atoms with Crippen molar-refractivity contribution in [2.24, 2.45) is 5.92 Å². The number of rotatable bonds is 2. The van der Waals surface area contributed by atoms with Gasteiger partial charge in [-0.3, -0.25) is 10.1 Å². The maximum absolute atomic E-state index is 10.5. The summed E-state index contributed by atoms with van der Waals surface area (Å²) >= 11 is 0. The van der Waals surface area contributed by atoms with Gasteiger partial charge in [0, 0.05) is 24.1 Å². The van der Waals surface area contributed by atoms with Crippen LogP contribution in [0.25, 0.3) is 0 Å². The molecule has 2 fully saturated rings. The number of hydrogen-bond donors (Lipinski definition) is 1. The Bertz CT molecular complexity index is 415. The summed E-state index contributed by atoms with van der Waals surface area (Å²) in [6.45, 7) is 2.12. The molecule has 0 aromatic heterocycles. The van der Waals surface area contributed by atoms with Crippen LogP contribution in [-0.4, -0.2) is 18.0 Å². The van der Waals surface area contributed by atoms with Crippen LogP contribution in [0, 0.1) is 16.0 Å². The van der Waals surface area contributed by atoms with E-state index in [4.69, 9.17) is 0 Å². The number of nitro benzene ring substituents is 1. The zero-order valence-electron chi connectivity index (χ0n) is 8.27. The highest BCUT2D eigenvalue weighted by atomic mass is 16.6. The van der Waals surface area contributed by atoms with Crippen molar-refractivity contribution in [2.75, 3.05) is 13.1 Å². The third-order valence-electron chi connectivity index (χ3n) is 3.72. The minimum absolute atomic E-state index is 0.179. The van der Waals surface area contributed by atoms with E-state index in [0.717, 1.165) is 19.0 Å². The topological polar surface area (TPSA) is 55.2 Å². The first-order valence-corrected chi connectivity index (χ1v) is 5.18. The number of piperidine rings is 1. The number of nitro groups is 1. The molecular formula is C11H12N2O2. The van der Waals surface area contributed by atoms with Gasteiger partial charge >= 0.3 is 0 Å².